The van der Waals surface area contributed by atoms with Crippen LogP contribution in [0.2, 0.25) is 0 Å². The minimum atomic E-state index is -0.655. The lowest BCUT2D eigenvalue weighted by molar-refractivity contribution is -0.123. The molecule has 3 aromatic rings. The minimum Gasteiger partial charge on any atom is -0.452 e. The molecular formula is C32H30N2O5. The number of hydrogen-bond donors (Lipinski definition) is 1. The van der Waals surface area contributed by atoms with Gasteiger partial charge in [0.2, 0.25) is 11.8 Å². The van der Waals surface area contributed by atoms with Crippen LogP contribution in [0.5, 0.6) is 0 Å². The van der Waals surface area contributed by atoms with Crippen molar-refractivity contribution in [1.82, 2.24) is 0 Å². The molecule has 0 aromatic heterocycles. The summed E-state index contributed by atoms with van der Waals surface area (Å²) in [5, 5.41) is 2.70. The van der Waals surface area contributed by atoms with Gasteiger partial charge in [-0.3, -0.25) is 19.3 Å². The third-order valence-electron chi connectivity index (χ3n) is 8.58. The van der Waals surface area contributed by atoms with E-state index in [0.29, 0.717) is 17.3 Å². The Morgan fingerprint density at radius 3 is 2.26 bits per heavy atom. The number of nitrogens with one attached hydrogen (secondary N) is 1. The Hall–Kier alpha value is -4.26. The second-order valence-electron chi connectivity index (χ2n) is 10.7. The summed E-state index contributed by atoms with van der Waals surface area (Å²) in [6, 6.07) is 24.0. The highest BCUT2D eigenvalue weighted by Gasteiger charge is 2.64. The Morgan fingerprint density at radius 2 is 1.56 bits per heavy atom. The summed E-state index contributed by atoms with van der Waals surface area (Å²) in [6.45, 7) is 1.63. The van der Waals surface area contributed by atoms with Gasteiger partial charge in [-0.2, -0.15) is 0 Å². The van der Waals surface area contributed by atoms with Crippen LogP contribution in [-0.4, -0.2) is 30.3 Å². The Balaban J connectivity index is 1.08. The van der Waals surface area contributed by atoms with Crippen molar-refractivity contribution >= 4 is 35.1 Å². The lowest BCUT2D eigenvalue weighted by atomic mass is 9.73. The number of carbonyl (C=O) groups is 4. The standard InChI is InChI=1S/C32H30N2O5/c1-2-19-8-12-23(13-9-19)33-27(35)18-39-32(38)21-10-14-24(15-11-21)34-30(36)28-22-16-25(20-6-4-3-5-7-20)26(17-22)29(28)31(34)37/h3-15,22,25-26,28-29H,2,16-18H2,1H3,(H,33,35)/t22-,25+,26+,28+,29-/m0/s1. The van der Waals surface area contributed by atoms with Gasteiger partial charge in [0.05, 0.1) is 23.1 Å². The molecule has 3 amide bonds. The van der Waals surface area contributed by atoms with Crippen molar-refractivity contribution in [2.24, 2.45) is 23.7 Å². The molecule has 7 heteroatoms. The van der Waals surface area contributed by atoms with Crippen LogP contribution in [0.3, 0.4) is 0 Å². The maximum Gasteiger partial charge on any atom is 0.338 e. The fourth-order valence-electron chi connectivity index (χ4n) is 6.78. The van der Waals surface area contributed by atoms with Gasteiger partial charge in [0.25, 0.3) is 5.91 Å². The van der Waals surface area contributed by atoms with Gasteiger partial charge in [-0.1, -0.05) is 49.4 Å². The van der Waals surface area contributed by atoms with E-state index in [1.54, 1.807) is 24.3 Å². The van der Waals surface area contributed by atoms with Gasteiger partial charge in [-0.25, -0.2) is 4.79 Å². The average Bonchev–Trinajstić information content (AvgIpc) is 3.64. The third kappa shape index (κ3) is 4.52. The predicted molar refractivity (Wildman–Crippen MR) is 146 cm³/mol. The zero-order chi connectivity index (χ0) is 27.1. The lowest BCUT2D eigenvalue weighted by Gasteiger charge is -2.28. The summed E-state index contributed by atoms with van der Waals surface area (Å²) in [7, 11) is 0. The first-order valence-electron chi connectivity index (χ1n) is 13.5. The van der Waals surface area contributed by atoms with E-state index in [1.807, 2.05) is 30.3 Å². The molecule has 2 bridgehead atoms. The number of imide groups is 1. The Morgan fingerprint density at radius 1 is 0.872 bits per heavy atom. The van der Waals surface area contributed by atoms with Crippen molar-refractivity contribution in [2.45, 2.75) is 32.1 Å². The first-order chi connectivity index (χ1) is 18.9. The maximum absolute atomic E-state index is 13.5. The number of rotatable bonds is 7. The Kier molecular flexibility index (Phi) is 6.51. The van der Waals surface area contributed by atoms with Gasteiger partial charge in [0.1, 0.15) is 0 Å². The second kappa shape index (κ2) is 10.1. The predicted octanol–water partition coefficient (Wildman–Crippen LogP) is 4.97. The van der Waals surface area contributed by atoms with Crippen LogP contribution in [-0.2, 0) is 25.5 Å². The van der Waals surface area contributed by atoms with Gasteiger partial charge in [-0.15, -0.1) is 0 Å². The van der Waals surface area contributed by atoms with E-state index in [1.165, 1.54) is 22.6 Å². The molecule has 1 aliphatic heterocycles. The number of hydrogen-bond acceptors (Lipinski definition) is 5. The van der Waals surface area contributed by atoms with Crippen LogP contribution >= 0.6 is 0 Å². The summed E-state index contributed by atoms with van der Waals surface area (Å²) in [6.07, 6.45) is 2.76. The van der Waals surface area contributed by atoms with Crippen LogP contribution < -0.4 is 10.2 Å². The number of aryl methyl sites for hydroxylation is 1. The number of benzene rings is 3. The zero-order valence-corrected chi connectivity index (χ0v) is 21.7. The van der Waals surface area contributed by atoms with E-state index in [2.05, 4.69) is 24.4 Å². The molecule has 2 saturated carbocycles. The number of esters is 1. The number of ether oxygens (including phenoxy) is 1. The normalized spacial score (nSPS) is 25.1. The fourth-order valence-corrected chi connectivity index (χ4v) is 6.78. The average molecular weight is 523 g/mol. The SMILES string of the molecule is CCc1ccc(NC(=O)COC(=O)c2ccc(N3C(=O)[C@@H]4[C@@H]5C[C@@H]([C@@H]4C3=O)[C@@H](c3ccccc3)C5)cc2)cc1. The van der Waals surface area contributed by atoms with Crippen LogP contribution in [0.1, 0.15) is 47.2 Å². The molecule has 3 aliphatic rings. The highest BCUT2D eigenvalue weighted by Crippen LogP contribution is 2.61. The summed E-state index contributed by atoms with van der Waals surface area (Å²) in [5.41, 5.74) is 3.73. The van der Waals surface area contributed by atoms with Crippen molar-refractivity contribution in [1.29, 1.82) is 0 Å². The smallest absolute Gasteiger partial charge is 0.338 e. The number of fused-ring (bicyclic) bond motifs is 5. The first-order valence-corrected chi connectivity index (χ1v) is 13.5. The zero-order valence-electron chi connectivity index (χ0n) is 21.7. The molecule has 5 atom stereocenters. The summed E-state index contributed by atoms with van der Waals surface area (Å²) in [5.74, 6) is -1.22. The lowest BCUT2D eigenvalue weighted by Crippen LogP contribution is -2.33. The summed E-state index contributed by atoms with van der Waals surface area (Å²) in [4.78, 5) is 52.9. The van der Waals surface area contributed by atoms with E-state index < -0.39 is 18.5 Å². The Labute approximate surface area is 227 Å². The van der Waals surface area contributed by atoms with Crippen LogP contribution in [0.4, 0.5) is 11.4 Å². The largest absolute Gasteiger partial charge is 0.452 e. The third-order valence-corrected chi connectivity index (χ3v) is 8.58. The van der Waals surface area contributed by atoms with E-state index in [-0.39, 0.29) is 41.0 Å². The molecule has 1 heterocycles. The highest BCUT2D eigenvalue weighted by molar-refractivity contribution is 6.22. The molecule has 0 spiro atoms. The molecule has 39 heavy (non-hydrogen) atoms. The van der Waals surface area contributed by atoms with E-state index in [4.69, 9.17) is 4.74 Å². The number of anilines is 2. The first kappa shape index (κ1) is 25.0. The van der Waals surface area contributed by atoms with Crippen LogP contribution in [0.25, 0.3) is 0 Å². The molecule has 198 valence electrons. The van der Waals surface area contributed by atoms with Crippen molar-refractivity contribution in [3.8, 4) is 0 Å². The van der Waals surface area contributed by atoms with Gasteiger partial charge in [-0.05, 0) is 84.5 Å². The molecule has 3 aromatic carbocycles. The van der Waals surface area contributed by atoms with E-state index in [0.717, 1.165) is 24.8 Å². The minimum absolute atomic E-state index is 0.136. The quantitative estimate of drug-likeness (QED) is 0.349. The molecular weight excluding hydrogens is 492 g/mol. The van der Waals surface area contributed by atoms with Gasteiger partial charge in [0.15, 0.2) is 6.61 Å². The summed E-state index contributed by atoms with van der Waals surface area (Å²) >= 11 is 0. The molecule has 3 fully saturated rings. The topological polar surface area (TPSA) is 92.8 Å². The molecule has 2 aliphatic carbocycles. The Bertz CT molecular complexity index is 1420. The number of amides is 3. The monoisotopic (exact) mass is 522 g/mol. The van der Waals surface area contributed by atoms with Crippen LogP contribution in [0, 0.1) is 23.7 Å². The van der Waals surface area contributed by atoms with Gasteiger partial charge in [0, 0.05) is 5.69 Å². The molecule has 6 rings (SSSR count). The van der Waals surface area contributed by atoms with E-state index in [9.17, 15) is 19.2 Å². The molecule has 0 unspecified atom stereocenters. The number of carbonyl (C=O) groups excluding carboxylic acids is 4. The number of nitrogens with zero attached hydrogens (tertiary/aromatic N) is 1. The second-order valence-corrected chi connectivity index (χ2v) is 10.7. The highest BCUT2D eigenvalue weighted by atomic mass is 16.5. The van der Waals surface area contributed by atoms with Crippen molar-refractivity contribution in [3.05, 3.63) is 95.6 Å². The fraction of sp³-hybridized carbons (Fsp3) is 0.312. The summed E-state index contributed by atoms with van der Waals surface area (Å²) < 4.78 is 5.17. The molecule has 1 saturated heterocycles. The molecule has 7 nitrogen and oxygen atoms in total. The van der Waals surface area contributed by atoms with Crippen LogP contribution in [0.15, 0.2) is 78.9 Å². The van der Waals surface area contributed by atoms with Crippen molar-refractivity contribution in [2.75, 3.05) is 16.8 Å². The van der Waals surface area contributed by atoms with Crippen molar-refractivity contribution in [3.63, 3.8) is 0 Å². The van der Waals surface area contributed by atoms with Gasteiger partial charge >= 0.3 is 5.97 Å². The van der Waals surface area contributed by atoms with E-state index >= 15 is 0 Å². The van der Waals surface area contributed by atoms with Gasteiger partial charge < -0.3 is 10.1 Å². The van der Waals surface area contributed by atoms with Crippen molar-refractivity contribution < 1.29 is 23.9 Å². The molecule has 1 N–H and O–H groups in total. The maximum atomic E-state index is 13.5. The molecule has 0 radical (unpaired) electrons.